The first kappa shape index (κ1) is 18.3. The molecule has 0 radical (unpaired) electrons. The van der Waals surface area contributed by atoms with E-state index in [1.165, 1.54) is 0 Å². The molecule has 1 heterocycles. The minimum Gasteiger partial charge on any atom is -0.494 e. The SMILES string of the molecule is CCOc1cc(NC(=O)C2CCC2)ccc1B1OC(C)(C)C(C)(C)O1. The smallest absolute Gasteiger partial charge is 0.494 e. The fourth-order valence-corrected chi connectivity index (χ4v) is 2.97. The van der Waals surface area contributed by atoms with Crippen molar-refractivity contribution in [3.05, 3.63) is 18.2 Å². The molecule has 0 aromatic heterocycles. The van der Waals surface area contributed by atoms with Crippen LogP contribution in [-0.4, -0.2) is 30.8 Å². The Morgan fingerprint density at radius 1 is 1.24 bits per heavy atom. The van der Waals surface area contributed by atoms with Crippen LogP contribution in [0.1, 0.15) is 53.9 Å². The van der Waals surface area contributed by atoms with Crippen molar-refractivity contribution >= 4 is 24.2 Å². The number of nitrogens with one attached hydrogen (secondary N) is 1. The topological polar surface area (TPSA) is 56.8 Å². The fourth-order valence-electron chi connectivity index (χ4n) is 2.97. The highest BCUT2D eigenvalue weighted by atomic mass is 16.7. The van der Waals surface area contributed by atoms with Gasteiger partial charge in [-0.1, -0.05) is 12.5 Å². The van der Waals surface area contributed by atoms with E-state index in [-0.39, 0.29) is 11.8 Å². The lowest BCUT2D eigenvalue weighted by Crippen LogP contribution is -2.41. The highest BCUT2D eigenvalue weighted by Gasteiger charge is 2.52. The van der Waals surface area contributed by atoms with Gasteiger partial charge in [-0.2, -0.15) is 0 Å². The van der Waals surface area contributed by atoms with E-state index in [1.807, 2.05) is 52.8 Å². The maximum atomic E-state index is 12.2. The van der Waals surface area contributed by atoms with Crippen LogP contribution in [0.2, 0.25) is 0 Å². The average Bonchev–Trinajstić information content (AvgIpc) is 2.65. The monoisotopic (exact) mass is 345 g/mol. The molecule has 0 bridgehead atoms. The van der Waals surface area contributed by atoms with E-state index >= 15 is 0 Å². The summed E-state index contributed by atoms with van der Waals surface area (Å²) in [5, 5.41) is 2.99. The van der Waals surface area contributed by atoms with Gasteiger partial charge in [0.15, 0.2) is 0 Å². The van der Waals surface area contributed by atoms with Crippen LogP contribution in [0.15, 0.2) is 18.2 Å². The molecule has 1 amide bonds. The minimum absolute atomic E-state index is 0.0945. The molecule has 3 rings (SSSR count). The molecule has 2 aliphatic rings. The van der Waals surface area contributed by atoms with Gasteiger partial charge in [-0.25, -0.2) is 0 Å². The number of ether oxygens (including phenoxy) is 1. The summed E-state index contributed by atoms with van der Waals surface area (Å²) >= 11 is 0. The van der Waals surface area contributed by atoms with Gasteiger partial charge in [0, 0.05) is 23.1 Å². The summed E-state index contributed by atoms with van der Waals surface area (Å²) in [6, 6.07) is 5.67. The molecule has 1 aliphatic heterocycles. The van der Waals surface area contributed by atoms with E-state index in [1.54, 1.807) is 0 Å². The predicted molar refractivity (Wildman–Crippen MR) is 99.3 cm³/mol. The highest BCUT2D eigenvalue weighted by Crippen LogP contribution is 2.37. The van der Waals surface area contributed by atoms with E-state index in [9.17, 15) is 4.79 Å². The van der Waals surface area contributed by atoms with E-state index in [0.29, 0.717) is 12.4 Å². The maximum Gasteiger partial charge on any atom is 0.498 e. The lowest BCUT2D eigenvalue weighted by atomic mass is 9.78. The van der Waals surface area contributed by atoms with Gasteiger partial charge in [-0.05, 0) is 53.5 Å². The second-order valence-electron chi connectivity index (χ2n) is 7.89. The molecule has 5 nitrogen and oxygen atoms in total. The number of anilines is 1. The van der Waals surface area contributed by atoms with Gasteiger partial charge in [-0.3, -0.25) is 4.79 Å². The van der Waals surface area contributed by atoms with Crippen LogP contribution in [0.4, 0.5) is 5.69 Å². The van der Waals surface area contributed by atoms with Crippen LogP contribution >= 0.6 is 0 Å². The molecule has 2 fully saturated rings. The number of hydrogen-bond acceptors (Lipinski definition) is 4. The van der Waals surface area contributed by atoms with Gasteiger partial charge >= 0.3 is 7.12 Å². The van der Waals surface area contributed by atoms with Gasteiger partial charge in [0.05, 0.1) is 17.8 Å². The Labute approximate surface area is 150 Å². The molecule has 1 aromatic rings. The normalized spacial score (nSPS) is 21.7. The molecule has 136 valence electrons. The predicted octanol–water partition coefficient (Wildman–Crippen LogP) is 3.12. The first-order valence-electron chi connectivity index (χ1n) is 9.17. The summed E-state index contributed by atoms with van der Waals surface area (Å²) in [4.78, 5) is 12.2. The zero-order chi connectivity index (χ0) is 18.2. The zero-order valence-corrected chi connectivity index (χ0v) is 15.8. The third kappa shape index (κ3) is 3.56. The maximum absolute atomic E-state index is 12.2. The molecule has 1 aromatic carbocycles. The molecule has 1 saturated heterocycles. The van der Waals surface area contributed by atoms with E-state index < -0.39 is 18.3 Å². The number of carbonyl (C=O) groups is 1. The molecule has 1 aliphatic carbocycles. The van der Waals surface area contributed by atoms with Crippen LogP contribution in [0.3, 0.4) is 0 Å². The molecule has 0 unspecified atom stereocenters. The van der Waals surface area contributed by atoms with Gasteiger partial charge in [-0.15, -0.1) is 0 Å². The summed E-state index contributed by atoms with van der Waals surface area (Å²) in [6.45, 7) is 10.6. The van der Waals surface area contributed by atoms with Crippen LogP contribution in [0, 0.1) is 5.92 Å². The Bertz CT molecular complexity index is 639. The zero-order valence-electron chi connectivity index (χ0n) is 15.8. The van der Waals surface area contributed by atoms with Crippen molar-refractivity contribution in [2.45, 2.75) is 65.1 Å². The molecule has 0 atom stereocenters. The van der Waals surface area contributed by atoms with Crippen molar-refractivity contribution in [1.29, 1.82) is 0 Å². The Morgan fingerprint density at radius 3 is 2.40 bits per heavy atom. The summed E-state index contributed by atoms with van der Waals surface area (Å²) < 4.78 is 18.1. The summed E-state index contributed by atoms with van der Waals surface area (Å²) in [7, 11) is -0.483. The van der Waals surface area contributed by atoms with Crippen LogP contribution in [0.25, 0.3) is 0 Å². The van der Waals surface area contributed by atoms with Gasteiger partial charge in [0.2, 0.25) is 5.91 Å². The second-order valence-corrected chi connectivity index (χ2v) is 7.89. The van der Waals surface area contributed by atoms with E-state index in [0.717, 1.165) is 30.4 Å². The minimum atomic E-state index is -0.483. The van der Waals surface area contributed by atoms with Crippen LogP contribution in [-0.2, 0) is 14.1 Å². The van der Waals surface area contributed by atoms with Crippen LogP contribution < -0.4 is 15.5 Å². The average molecular weight is 345 g/mol. The highest BCUT2D eigenvalue weighted by molar-refractivity contribution is 6.63. The largest absolute Gasteiger partial charge is 0.498 e. The van der Waals surface area contributed by atoms with Crippen molar-refractivity contribution in [2.75, 3.05) is 11.9 Å². The summed E-state index contributed by atoms with van der Waals surface area (Å²) in [5.41, 5.74) is 0.791. The van der Waals surface area contributed by atoms with E-state index in [4.69, 9.17) is 14.0 Å². The quantitative estimate of drug-likeness (QED) is 0.833. The number of benzene rings is 1. The van der Waals surface area contributed by atoms with Crippen LogP contribution in [0.5, 0.6) is 5.75 Å². The lowest BCUT2D eigenvalue weighted by molar-refractivity contribution is -0.122. The van der Waals surface area contributed by atoms with Gasteiger partial charge < -0.3 is 19.4 Å². The summed E-state index contributed by atoms with van der Waals surface area (Å²) in [6.07, 6.45) is 3.11. The Morgan fingerprint density at radius 2 is 1.88 bits per heavy atom. The van der Waals surface area contributed by atoms with Crippen molar-refractivity contribution in [2.24, 2.45) is 5.92 Å². The van der Waals surface area contributed by atoms with Crippen molar-refractivity contribution in [3.8, 4) is 5.75 Å². The standard InChI is InChI=1S/C19H28BNO4/c1-6-23-16-12-14(21-17(22)13-8-7-9-13)10-11-15(16)20-24-18(2,3)19(4,5)25-20/h10-13H,6-9H2,1-5H3,(H,21,22). The molecule has 0 spiro atoms. The van der Waals surface area contributed by atoms with E-state index in [2.05, 4.69) is 5.32 Å². The van der Waals surface area contributed by atoms with Crippen molar-refractivity contribution in [3.63, 3.8) is 0 Å². The number of hydrogen-bond donors (Lipinski definition) is 1. The third-order valence-corrected chi connectivity index (χ3v) is 5.56. The van der Waals surface area contributed by atoms with Gasteiger partial charge in [0.1, 0.15) is 5.75 Å². The van der Waals surface area contributed by atoms with Crippen molar-refractivity contribution in [1.82, 2.24) is 0 Å². The molecular formula is C19H28BNO4. The molecule has 1 saturated carbocycles. The lowest BCUT2D eigenvalue weighted by Gasteiger charge is -2.32. The molecular weight excluding hydrogens is 317 g/mol. The van der Waals surface area contributed by atoms with Gasteiger partial charge in [0.25, 0.3) is 0 Å². The summed E-state index contributed by atoms with van der Waals surface area (Å²) in [5.74, 6) is 0.933. The first-order valence-corrected chi connectivity index (χ1v) is 9.17. The Hall–Kier alpha value is -1.53. The third-order valence-electron chi connectivity index (χ3n) is 5.56. The first-order chi connectivity index (χ1) is 11.7. The second kappa shape index (κ2) is 6.65. The molecule has 25 heavy (non-hydrogen) atoms. The Balaban J connectivity index is 1.81. The van der Waals surface area contributed by atoms with Crippen molar-refractivity contribution < 1.29 is 18.8 Å². The number of amides is 1. The number of rotatable bonds is 5. The molecule has 1 N–H and O–H groups in total. The Kier molecular flexibility index (Phi) is 4.86. The number of carbonyl (C=O) groups excluding carboxylic acids is 1. The fraction of sp³-hybridized carbons (Fsp3) is 0.632. The molecule has 6 heteroatoms.